The SMILES string of the molecule is Cc1ccccc1C(C)NC1CC2CCC(C1)N2C. The molecule has 104 valence electrons. The molecule has 19 heavy (non-hydrogen) atoms. The summed E-state index contributed by atoms with van der Waals surface area (Å²) in [6.45, 7) is 4.52. The maximum atomic E-state index is 3.87. The molecule has 1 N–H and O–H groups in total. The summed E-state index contributed by atoms with van der Waals surface area (Å²) in [5, 5.41) is 3.87. The van der Waals surface area contributed by atoms with E-state index in [1.54, 1.807) is 0 Å². The summed E-state index contributed by atoms with van der Waals surface area (Å²) in [6, 6.07) is 11.6. The van der Waals surface area contributed by atoms with Gasteiger partial charge in [0.2, 0.25) is 0 Å². The molecule has 0 aliphatic carbocycles. The van der Waals surface area contributed by atoms with Gasteiger partial charge in [0.15, 0.2) is 0 Å². The van der Waals surface area contributed by atoms with Crippen LogP contribution in [-0.4, -0.2) is 30.1 Å². The van der Waals surface area contributed by atoms with Crippen molar-refractivity contribution in [3.8, 4) is 0 Å². The van der Waals surface area contributed by atoms with Crippen molar-refractivity contribution in [2.75, 3.05) is 7.05 Å². The molecule has 3 rings (SSSR count). The normalized spacial score (nSPS) is 32.5. The first kappa shape index (κ1) is 13.1. The minimum atomic E-state index is 0.467. The highest BCUT2D eigenvalue weighted by Crippen LogP contribution is 2.35. The molecule has 2 aliphatic rings. The third kappa shape index (κ3) is 2.56. The van der Waals surface area contributed by atoms with Gasteiger partial charge >= 0.3 is 0 Å². The first-order valence-electron chi connectivity index (χ1n) is 7.68. The predicted octanol–water partition coefficient (Wildman–Crippen LogP) is 3.27. The van der Waals surface area contributed by atoms with E-state index >= 15 is 0 Å². The smallest absolute Gasteiger partial charge is 0.0296 e. The zero-order chi connectivity index (χ0) is 13.4. The van der Waals surface area contributed by atoms with Crippen LogP contribution in [0.4, 0.5) is 0 Å². The number of hydrogen-bond donors (Lipinski definition) is 1. The topological polar surface area (TPSA) is 15.3 Å². The van der Waals surface area contributed by atoms with E-state index < -0.39 is 0 Å². The minimum Gasteiger partial charge on any atom is -0.307 e. The summed E-state index contributed by atoms with van der Waals surface area (Å²) in [5.74, 6) is 0. The van der Waals surface area contributed by atoms with Gasteiger partial charge in [0.25, 0.3) is 0 Å². The summed E-state index contributed by atoms with van der Waals surface area (Å²) in [5.41, 5.74) is 2.85. The number of nitrogens with zero attached hydrogens (tertiary/aromatic N) is 1. The molecule has 0 amide bonds. The lowest BCUT2D eigenvalue weighted by Crippen LogP contribution is -2.47. The van der Waals surface area contributed by atoms with Crippen molar-refractivity contribution in [1.82, 2.24) is 10.2 Å². The quantitative estimate of drug-likeness (QED) is 0.895. The Balaban J connectivity index is 1.65. The van der Waals surface area contributed by atoms with Crippen LogP contribution < -0.4 is 5.32 Å². The third-order valence-corrected chi connectivity index (χ3v) is 5.24. The molecule has 2 saturated heterocycles. The van der Waals surface area contributed by atoms with E-state index in [9.17, 15) is 0 Å². The number of hydrogen-bond acceptors (Lipinski definition) is 2. The average Bonchev–Trinajstić information content (AvgIpc) is 2.63. The second-order valence-corrected chi connectivity index (χ2v) is 6.46. The summed E-state index contributed by atoms with van der Waals surface area (Å²) in [4.78, 5) is 2.61. The van der Waals surface area contributed by atoms with Crippen LogP contribution in [0.25, 0.3) is 0 Å². The summed E-state index contributed by atoms with van der Waals surface area (Å²) >= 11 is 0. The lowest BCUT2D eigenvalue weighted by atomic mass is 9.95. The molecule has 0 spiro atoms. The van der Waals surface area contributed by atoms with Crippen molar-refractivity contribution in [3.05, 3.63) is 35.4 Å². The van der Waals surface area contributed by atoms with Gasteiger partial charge in [-0.3, -0.25) is 0 Å². The van der Waals surface area contributed by atoms with E-state index in [1.165, 1.54) is 36.8 Å². The van der Waals surface area contributed by atoms with Gasteiger partial charge in [-0.05, 0) is 57.7 Å². The van der Waals surface area contributed by atoms with Gasteiger partial charge < -0.3 is 10.2 Å². The number of rotatable bonds is 3. The fourth-order valence-electron chi connectivity index (χ4n) is 4.06. The molecule has 0 aromatic heterocycles. The van der Waals surface area contributed by atoms with Gasteiger partial charge in [0.05, 0.1) is 0 Å². The van der Waals surface area contributed by atoms with Gasteiger partial charge in [0.1, 0.15) is 0 Å². The Bertz CT molecular complexity index is 429. The van der Waals surface area contributed by atoms with E-state index in [0.717, 1.165) is 12.1 Å². The molecule has 2 heterocycles. The number of aryl methyl sites for hydroxylation is 1. The molecule has 2 fully saturated rings. The summed E-state index contributed by atoms with van der Waals surface area (Å²) in [6.07, 6.45) is 5.45. The van der Waals surface area contributed by atoms with Gasteiger partial charge in [-0.1, -0.05) is 24.3 Å². The minimum absolute atomic E-state index is 0.467. The number of nitrogens with one attached hydrogen (secondary N) is 1. The van der Waals surface area contributed by atoms with Crippen LogP contribution in [-0.2, 0) is 0 Å². The van der Waals surface area contributed by atoms with Crippen molar-refractivity contribution >= 4 is 0 Å². The van der Waals surface area contributed by atoms with Crippen molar-refractivity contribution in [1.29, 1.82) is 0 Å². The van der Waals surface area contributed by atoms with Crippen LogP contribution in [0.3, 0.4) is 0 Å². The number of fused-ring (bicyclic) bond motifs is 2. The van der Waals surface area contributed by atoms with Gasteiger partial charge in [-0.25, -0.2) is 0 Å². The Hall–Kier alpha value is -0.860. The summed E-state index contributed by atoms with van der Waals surface area (Å²) in [7, 11) is 2.31. The average molecular weight is 258 g/mol. The Labute approximate surface area is 117 Å². The zero-order valence-electron chi connectivity index (χ0n) is 12.4. The molecule has 3 atom stereocenters. The van der Waals surface area contributed by atoms with Crippen LogP contribution >= 0.6 is 0 Å². The van der Waals surface area contributed by atoms with E-state index in [-0.39, 0.29) is 0 Å². The van der Waals surface area contributed by atoms with Crippen LogP contribution in [0.2, 0.25) is 0 Å². The predicted molar refractivity (Wildman–Crippen MR) is 80.3 cm³/mol. The number of piperidine rings is 1. The standard InChI is InChI=1S/C17H26N2/c1-12-6-4-5-7-17(12)13(2)18-14-10-15-8-9-16(11-14)19(15)3/h4-7,13-16,18H,8-11H2,1-3H3. The third-order valence-electron chi connectivity index (χ3n) is 5.24. The van der Waals surface area contributed by atoms with Crippen LogP contribution in [0, 0.1) is 6.92 Å². The summed E-state index contributed by atoms with van der Waals surface area (Å²) < 4.78 is 0. The molecule has 1 aromatic rings. The molecule has 3 unspecified atom stereocenters. The molecule has 0 saturated carbocycles. The van der Waals surface area contributed by atoms with Crippen LogP contribution in [0.1, 0.15) is 49.8 Å². The van der Waals surface area contributed by atoms with Crippen molar-refractivity contribution in [2.24, 2.45) is 0 Å². The lowest BCUT2D eigenvalue weighted by Gasteiger charge is -2.38. The highest BCUT2D eigenvalue weighted by molar-refractivity contribution is 5.28. The van der Waals surface area contributed by atoms with E-state index in [0.29, 0.717) is 12.1 Å². The van der Waals surface area contributed by atoms with Crippen LogP contribution in [0.15, 0.2) is 24.3 Å². The van der Waals surface area contributed by atoms with E-state index in [2.05, 4.69) is 55.4 Å². The Morgan fingerprint density at radius 2 is 1.79 bits per heavy atom. The highest BCUT2D eigenvalue weighted by Gasteiger charge is 2.38. The molecule has 2 heteroatoms. The monoisotopic (exact) mass is 258 g/mol. The van der Waals surface area contributed by atoms with Gasteiger partial charge in [-0.2, -0.15) is 0 Å². The maximum absolute atomic E-state index is 3.87. The van der Waals surface area contributed by atoms with Crippen molar-refractivity contribution < 1.29 is 0 Å². The number of benzene rings is 1. The Kier molecular flexibility index (Phi) is 3.64. The second-order valence-electron chi connectivity index (χ2n) is 6.46. The van der Waals surface area contributed by atoms with Gasteiger partial charge in [-0.15, -0.1) is 0 Å². The maximum Gasteiger partial charge on any atom is 0.0296 e. The zero-order valence-corrected chi connectivity index (χ0v) is 12.4. The fourth-order valence-corrected chi connectivity index (χ4v) is 4.06. The first-order valence-corrected chi connectivity index (χ1v) is 7.68. The molecule has 2 nitrogen and oxygen atoms in total. The van der Waals surface area contributed by atoms with Crippen molar-refractivity contribution in [3.63, 3.8) is 0 Å². The largest absolute Gasteiger partial charge is 0.307 e. The lowest BCUT2D eigenvalue weighted by molar-refractivity contribution is 0.144. The fraction of sp³-hybridized carbons (Fsp3) is 0.647. The highest BCUT2D eigenvalue weighted by atomic mass is 15.2. The molecule has 0 radical (unpaired) electrons. The van der Waals surface area contributed by atoms with E-state index in [1.807, 2.05) is 0 Å². The first-order chi connectivity index (χ1) is 9.15. The van der Waals surface area contributed by atoms with E-state index in [4.69, 9.17) is 0 Å². The molecule has 2 bridgehead atoms. The molecular formula is C17H26N2. The second kappa shape index (κ2) is 5.26. The van der Waals surface area contributed by atoms with Crippen molar-refractivity contribution in [2.45, 2.75) is 63.7 Å². The van der Waals surface area contributed by atoms with Crippen LogP contribution in [0.5, 0.6) is 0 Å². The molecule has 1 aromatic carbocycles. The Morgan fingerprint density at radius 1 is 1.16 bits per heavy atom. The Morgan fingerprint density at radius 3 is 2.42 bits per heavy atom. The molecular weight excluding hydrogens is 232 g/mol. The van der Waals surface area contributed by atoms with Gasteiger partial charge in [0, 0.05) is 24.2 Å². The molecule has 2 aliphatic heterocycles.